The molecule has 0 spiro atoms. The zero-order valence-corrected chi connectivity index (χ0v) is 16.7. The van der Waals surface area contributed by atoms with Crippen molar-refractivity contribution in [2.24, 2.45) is 0 Å². The van der Waals surface area contributed by atoms with Crippen molar-refractivity contribution in [1.82, 2.24) is 14.3 Å². The minimum atomic E-state index is -3.28. The number of thioether (sulfide) groups is 1. The van der Waals surface area contributed by atoms with Gasteiger partial charge in [-0.3, -0.25) is 0 Å². The molecule has 0 unspecified atom stereocenters. The molecule has 27 heavy (non-hydrogen) atoms. The number of hydrogen-bond acceptors (Lipinski definition) is 4. The number of nitrogens with zero attached hydrogens (tertiary/aromatic N) is 2. The summed E-state index contributed by atoms with van der Waals surface area (Å²) in [5.41, 5.74) is 2.84. The fourth-order valence-corrected chi connectivity index (χ4v) is 5.83. The van der Waals surface area contributed by atoms with Gasteiger partial charge in [-0.1, -0.05) is 54.2 Å². The molecule has 1 aliphatic rings. The zero-order valence-electron chi connectivity index (χ0n) is 15.0. The molecular weight excluding hydrogens is 378 g/mol. The van der Waals surface area contributed by atoms with Crippen LogP contribution in [-0.4, -0.2) is 41.0 Å². The van der Waals surface area contributed by atoms with Crippen molar-refractivity contribution < 1.29 is 8.42 Å². The van der Waals surface area contributed by atoms with Crippen molar-refractivity contribution in [3.8, 4) is 0 Å². The number of sulfonamides is 1. The lowest BCUT2D eigenvalue weighted by molar-refractivity contribution is 0.404. The molecule has 4 rings (SSSR count). The highest BCUT2D eigenvalue weighted by atomic mass is 32.2. The largest absolute Gasteiger partial charge is 0.333 e. The van der Waals surface area contributed by atoms with Gasteiger partial charge in [-0.15, -0.1) is 0 Å². The van der Waals surface area contributed by atoms with E-state index >= 15 is 0 Å². The molecule has 142 valence electrons. The Morgan fingerprint density at radius 3 is 2.56 bits per heavy atom. The number of aromatic amines is 1. The van der Waals surface area contributed by atoms with Gasteiger partial charge in [-0.05, 0) is 37.0 Å². The minimum Gasteiger partial charge on any atom is -0.333 e. The Morgan fingerprint density at radius 2 is 1.81 bits per heavy atom. The molecule has 5 nitrogen and oxygen atoms in total. The van der Waals surface area contributed by atoms with Crippen LogP contribution in [0.15, 0.2) is 59.8 Å². The molecule has 2 aromatic carbocycles. The molecule has 1 N–H and O–H groups in total. The number of imidazole rings is 1. The van der Waals surface area contributed by atoms with E-state index in [0.717, 1.165) is 46.8 Å². The summed E-state index contributed by atoms with van der Waals surface area (Å²) < 4.78 is 27.4. The third-order valence-corrected chi connectivity index (χ3v) is 7.49. The van der Waals surface area contributed by atoms with Crippen LogP contribution in [0.4, 0.5) is 0 Å². The Bertz CT molecular complexity index is 965. The van der Waals surface area contributed by atoms with Crippen LogP contribution in [-0.2, 0) is 15.8 Å². The second kappa shape index (κ2) is 8.04. The van der Waals surface area contributed by atoms with E-state index in [9.17, 15) is 8.42 Å². The topological polar surface area (TPSA) is 66.1 Å². The monoisotopic (exact) mass is 401 g/mol. The average molecular weight is 402 g/mol. The smallest absolute Gasteiger partial charge is 0.218 e. The van der Waals surface area contributed by atoms with Crippen molar-refractivity contribution >= 4 is 32.8 Å². The number of para-hydroxylation sites is 2. The number of rotatable bonds is 9. The molecule has 1 aromatic heterocycles. The molecule has 0 saturated heterocycles. The van der Waals surface area contributed by atoms with Crippen LogP contribution in [0.1, 0.15) is 24.8 Å². The van der Waals surface area contributed by atoms with Crippen molar-refractivity contribution in [1.29, 1.82) is 0 Å². The highest BCUT2D eigenvalue weighted by molar-refractivity contribution is 7.99. The van der Waals surface area contributed by atoms with E-state index < -0.39 is 10.0 Å². The first kappa shape index (κ1) is 18.5. The Hall–Kier alpha value is -1.83. The zero-order chi connectivity index (χ0) is 18.7. The molecule has 0 radical (unpaired) electrons. The van der Waals surface area contributed by atoms with E-state index in [1.54, 1.807) is 16.1 Å². The Kier molecular flexibility index (Phi) is 5.52. The molecular formula is C20H23N3O2S2. The van der Waals surface area contributed by atoms with Crippen LogP contribution in [0.5, 0.6) is 0 Å². The highest BCUT2D eigenvalue weighted by Gasteiger charge is 2.36. The molecule has 3 aromatic rings. The molecule has 7 heteroatoms. The average Bonchev–Trinajstić information content (AvgIpc) is 3.40. The Labute approximate surface area is 164 Å². The Morgan fingerprint density at radius 1 is 1.07 bits per heavy atom. The number of nitrogens with one attached hydrogen (secondary N) is 1. The minimum absolute atomic E-state index is 0.0844. The first-order valence-electron chi connectivity index (χ1n) is 9.23. The number of benzene rings is 2. The van der Waals surface area contributed by atoms with E-state index in [0.29, 0.717) is 6.54 Å². The second-order valence-corrected chi connectivity index (χ2v) is 9.85. The lowest BCUT2D eigenvalue weighted by atomic mass is 10.2. The second-order valence-electron chi connectivity index (χ2n) is 6.84. The summed E-state index contributed by atoms with van der Waals surface area (Å²) in [4.78, 5) is 7.86. The van der Waals surface area contributed by atoms with E-state index in [1.165, 1.54) is 0 Å². The molecule has 1 saturated carbocycles. The van der Waals surface area contributed by atoms with Gasteiger partial charge >= 0.3 is 0 Å². The van der Waals surface area contributed by atoms with Gasteiger partial charge in [0.25, 0.3) is 0 Å². The molecule has 1 heterocycles. The summed E-state index contributed by atoms with van der Waals surface area (Å²) in [6.45, 7) is 0.576. The lowest BCUT2D eigenvalue weighted by Crippen LogP contribution is -2.35. The van der Waals surface area contributed by atoms with Crippen LogP contribution in [0.3, 0.4) is 0 Å². The van der Waals surface area contributed by atoms with Crippen molar-refractivity contribution in [2.75, 3.05) is 12.3 Å². The van der Waals surface area contributed by atoms with Crippen molar-refractivity contribution in [3.63, 3.8) is 0 Å². The molecule has 0 aliphatic heterocycles. The van der Waals surface area contributed by atoms with E-state index in [4.69, 9.17) is 0 Å². The number of fused-ring (bicyclic) bond motifs is 1. The highest BCUT2D eigenvalue weighted by Crippen LogP contribution is 2.31. The third-order valence-electron chi connectivity index (χ3n) is 4.63. The maximum atomic E-state index is 12.9. The van der Waals surface area contributed by atoms with Gasteiger partial charge in [0, 0.05) is 18.3 Å². The quantitative estimate of drug-likeness (QED) is 0.434. The first-order valence-corrected chi connectivity index (χ1v) is 11.8. The van der Waals surface area contributed by atoms with E-state index in [2.05, 4.69) is 9.97 Å². The normalized spacial score (nSPS) is 14.9. The summed E-state index contributed by atoms with van der Waals surface area (Å²) in [5.74, 6) is 0.922. The van der Waals surface area contributed by atoms with Crippen LogP contribution in [0, 0.1) is 0 Å². The van der Waals surface area contributed by atoms with Gasteiger partial charge in [0.2, 0.25) is 10.0 Å². The fraction of sp³-hybridized carbons (Fsp3) is 0.350. The third kappa shape index (κ3) is 4.72. The lowest BCUT2D eigenvalue weighted by Gasteiger charge is -2.21. The maximum Gasteiger partial charge on any atom is 0.218 e. The van der Waals surface area contributed by atoms with Gasteiger partial charge in [-0.2, -0.15) is 4.31 Å². The summed E-state index contributed by atoms with van der Waals surface area (Å²) in [6, 6.07) is 17.6. The SMILES string of the molecule is O=S(=O)(Cc1ccccc1)N(CCCSc1nc2ccccc2[nH]1)C1CC1. The summed E-state index contributed by atoms with van der Waals surface area (Å²) in [6.07, 6.45) is 2.77. The summed E-state index contributed by atoms with van der Waals surface area (Å²) in [5, 5.41) is 0.890. The van der Waals surface area contributed by atoms with Crippen LogP contribution < -0.4 is 0 Å². The van der Waals surface area contributed by atoms with Gasteiger partial charge < -0.3 is 4.98 Å². The fourth-order valence-electron chi connectivity index (χ4n) is 3.17. The first-order chi connectivity index (χ1) is 13.1. The van der Waals surface area contributed by atoms with Crippen molar-refractivity contribution in [2.45, 2.75) is 36.2 Å². The van der Waals surface area contributed by atoms with Gasteiger partial charge in [0.15, 0.2) is 5.16 Å². The van der Waals surface area contributed by atoms with Gasteiger partial charge in [0.1, 0.15) is 0 Å². The van der Waals surface area contributed by atoms with Crippen LogP contribution >= 0.6 is 11.8 Å². The maximum absolute atomic E-state index is 12.9. The molecule has 1 fully saturated rings. The molecule has 0 amide bonds. The van der Waals surface area contributed by atoms with E-state index in [-0.39, 0.29) is 11.8 Å². The summed E-state index contributed by atoms with van der Waals surface area (Å²) >= 11 is 1.65. The number of H-pyrrole nitrogens is 1. The van der Waals surface area contributed by atoms with Gasteiger partial charge in [0.05, 0.1) is 16.8 Å². The van der Waals surface area contributed by atoms with E-state index in [1.807, 2.05) is 54.6 Å². The predicted molar refractivity (Wildman–Crippen MR) is 110 cm³/mol. The van der Waals surface area contributed by atoms with Crippen LogP contribution in [0.2, 0.25) is 0 Å². The predicted octanol–water partition coefficient (Wildman–Crippen LogP) is 4.04. The molecule has 1 aliphatic carbocycles. The molecule has 0 bridgehead atoms. The van der Waals surface area contributed by atoms with Gasteiger partial charge in [-0.25, -0.2) is 13.4 Å². The number of aromatic nitrogens is 2. The van der Waals surface area contributed by atoms with Crippen LogP contribution in [0.25, 0.3) is 11.0 Å². The van der Waals surface area contributed by atoms with Crippen molar-refractivity contribution in [3.05, 3.63) is 60.2 Å². The Balaban J connectivity index is 1.33. The number of hydrogen-bond donors (Lipinski definition) is 1. The summed E-state index contributed by atoms with van der Waals surface area (Å²) in [7, 11) is -3.28. The molecule has 0 atom stereocenters. The standard InChI is InChI=1S/C20H23N3O2S2/c24-27(25,15-16-7-2-1-3-8-16)23(17-11-12-17)13-6-14-26-20-21-18-9-4-5-10-19(18)22-20/h1-5,7-10,17H,6,11-15H2,(H,21,22).